The van der Waals surface area contributed by atoms with Crippen LogP contribution in [0.3, 0.4) is 0 Å². The Morgan fingerprint density at radius 3 is 2.57 bits per heavy atom. The Morgan fingerprint density at radius 2 is 2.14 bits per heavy atom. The van der Waals surface area contributed by atoms with E-state index in [-0.39, 0.29) is 5.78 Å². The van der Waals surface area contributed by atoms with Crippen molar-refractivity contribution in [3.63, 3.8) is 0 Å². The van der Waals surface area contributed by atoms with Gasteiger partial charge in [0, 0.05) is 11.1 Å². The number of ether oxygens (including phenoxy) is 1. The normalized spacial score (nSPS) is 9.64. The highest BCUT2D eigenvalue weighted by Crippen LogP contribution is 2.29. The van der Waals surface area contributed by atoms with Gasteiger partial charge in [0.25, 0.3) is 0 Å². The fourth-order valence-corrected chi connectivity index (χ4v) is 1.54. The molecule has 0 fully saturated rings. The zero-order chi connectivity index (χ0) is 10.7. The number of Topliss-reactive ketones (excluding diaryl/α,β-unsaturated/α-hetero) is 1. The van der Waals surface area contributed by atoms with Gasteiger partial charge in [0.05, 0.1) is 11.6 Å². The summed E-state index contributed by atoms with van der Waals surface area (Å²) >= 11 is 3.22. The van der Waals surface area contributed by atoms with Crippen molar-refractivity contribution in [1.82, 2.24) is 0 Å². The number of ketones is 1. The lowest BCUT2D eigenvalue weighted by atomic mass is 10.1. The van der Waals surface area contributed by atoms with E-state index in [4.69, 9.17) is 4.74 Å². The Morgan fingerprint density at radius 1 is 1.50 bits per heavy atom. The zero-order valence-electron chi connectivity index (χ0n) is 7.83. The van der Waals surface area contributed by atoms with Gasteiger partial charge in [-0.15, -0.1) is 0 Å². The van der Waals surface area contributed by atoms with E-state index in [1.807, 2.05) is 0 Å². The Balaban J connectivity index is 3.39. The van der Waals surface area contributed by atoms with E-state index < -0.39 is 0 Å². The minimum Gasteiger partial charge on any atom is -0.496 e. The van der Waals surface area contributed by atoms with Gasteiger partial charge in [-0.05, 0) is 35.0 Å². The van der Waals surface area contributed by atoms with Crippen LogP contribution < -0.4 is 4.74 Å². The minimum absolute atomic E-state index is 0.0982. The van der Waals surface area contributed by atoms with E-state index in [1.165, 1.54) is 20.1 Å². The van der Waals surface area contributed by atoms with E-state index in [0.717, 1.165) is 0 Å². The van der Waals surface area contributed by atoms with Gasteiger partial charge in [0.1, 0.15) is 5.75 Å². The molecule has 0 amide bonds. The van der Waals surface area contributed by atoms with Crippen LogP contribution in [0, 0.1) is 0 Å². The van der Waals surface area contributed by atoms with Gasteiger partial charge in [-0.3, -0.25) is 9.59 Å². The summed E-state index contributed by atoms with van der Waals surface area (Å²) in [6.45, 7) is 1.44. The molecule has 14 heavy (non-hydrogen) atoms. The molecule has 0 saturated carbocycles. The number of rotatable bonds is 3. The molecule has 1 rings (SSSR count). The second-order valence-corrected chi connectivity index (χ2v) is 3.55. The molecule has 4 heteroatoms. The van der Waals surface area contributed by atoms with Gasteiger partial charge in [-0.25, -0.2) is 0 Å². The lowest BCUT2D eigenvalue weighted by Gasteiger charge is -2.07. The second kappa shape index (κ2) is 4.37. The van der Waals surface area contributed by atoms with E-state index in [9.17, 15) is 9.59 Å². The highest BCUT2D eigenvalue weighted by Gasteiger charge is 2.10. The molecule has 0 spiro atoms. The predicted molar refractivity (Wildman–Crippen MR) is 56.1 cm³/mol. The molecule has 0 saturated heterocycles. The molecule has 1 aromatic carbocycles. The third kappa shape index (κ3) is 2.01. The van der Waals surface area contributed by atoms with Crippen molar-refractivity contribution in [2.24, 2.45) is 0 Å². The van der Waals surface area contributed by atoms with Crippen LogP contribution in [0.15, 0.2) is 16.6 Å². The number of halogens is 1. The number of carbonyl (C=O) groups excluding carboxylic acids is 2. The monoisotopic (exact) mass is 256 g/mol. The predicted octanol–water partition coefficient (Wildman–Crippen LogP) is 2.47. The standard InChI is InChI=1S/C10H9BrO3/c1-6(13)7-3-8(5-12)10(11)9(4-7)14-2/h3-5H,1-2H3. The molecule has 0 aliphatic heterocycles. The number of benzene rings is 1. The summed E-state index contributed by atoms with van der Waals surface area (Å²) in [6, 6.07) is 3.13. The number of carbonyl (C=O) groups is 2. The van der Waals surface area contributed by atoms with Crippen LogP contribution in [-0.2, 0) is 0 Å². The minimum atomic E-state index is -0.0982. The van der Waals surface area contributed by atoms with E-state index >= 15 is 0 Å². The van der Waals surface area contributed by atoms with Crippen molar-refractivity contribution in [3.8, 4) is 5.75 Å². The molecule has 0 N–H and O–H groups in total. The molecule has 0 atom stereocenters. The maximum absolute atomic E-state index is 11.1. The summed E-state index contributed by atoms with van der Waals surface area (Å²) in [7, 11) is 1.48. The average molecular weight is 257 g/mol. The largest absolute Gasteiger partial charge is 0.496 e. The average Bonchev–Trinajstić information content (AvgIpc) is 2.17. The lowest BCUT2D eigenvalue weighted by molar-refractivity contribution is 0.101. The van der Waals surface area contributed by atoms with Crippen LogP contribution in [0.2, 0.25) is 0 Å². The summed E-state index contributed by atoms with van der Waals surface area (Å²) in [6.07, 6.45) is 0.680. The van der Waals surface area contributed by atoms with Crippen molar-refractivity contribution in [2.75, 3.05) is 7.11 Å². The maximum Gasteiger partial charge on any atom is 0.159 e. The van der Waals surface area contributed by atoms with Crippen LogP contribution in [0.25, 0.3) is 0 Å². The molecule has 0 unspecified atom stereocenters. The van der Waals surface area contributed by atoms with Gasteiger partial charge >= 0.3 is 0 Å². The number of aldehydes is 1. The molecule has 0 heterocycles. The second-order valence-electron chi connectivity index (χ2n) is 2.76. The highest BCUT2D eigenvalue weighted by molar-refractivity contribution is 9.10. The molecule has 0 aromatic heterocycles. The third-order valence-electron chi connectivity index (χ3n) is 1.82. The molecule has 74 valence electrons. The molecule has 0 bridgehead atoms. The summed E-state index contributed by atoms with van der Waals surface area (Å²) in [5, 5.41) is 0. The zero-order valence-corrected chi connectivity index (χ0v) is 9.42. The lowest BCUT2D eigenvalue weighted by Crippen LogP contribution is -1.97. The first-order valence-corrected chi connectivity index (χ1v) is 4.73. The van der Waals surface area contributed by atoms with Crippen molar-refractivity contribution in [3.05, 3.63) is 27.7 Å². The highest BCUT2D eigenvalue weighted by atomic mass is 79.9. The molecule has 0 aliphatic rings. The van der Waals surface area contributed by atoms with Crippen LogP contribution in [0.5, 0.6) is 5.75 Å². The number of methoxy groups -OCH3 is 1. The van der Waals surface area contributed by atoms with Crippen molar-refractivity contribution < 1.29 is 14.3 Å². The molecule has 3 nitrogen and oxygen atoms in total. The van der Waals surface area contributed by atoms with E-state index in [2.05, 4.69) is 15.9 Å². The number of hydrogen-bond donors (Lipinski definition) is 0. The van der Waals surface area contributed by atoms with Crippen LogP contribution in [0.4, 0.5) is 0 Å². The Bertz CT molecular complexity index is 385. The van der Waals surface area contributed by atoms with Crippen LogP contribution >= 0.6 is 15.9 Å². The summed E-state index contributed by atoms with van der Waals surface area (Å²) in [4.78, 5) is 21.8. The van der Waals surface area contributed by atoms with Crippen molar-refractivity contribution in [2.45, 2.75) is 6.92 Å². The van der Waals surface area contributed by atoms with Gasteiger partial charge in [0.2, 0.25) is 0 Å². The van der Waals surface area contributed by atoms with E-state index in [1.54, 1.807) is 6.07 Å². The number of hydrogen-bond acceptors (Lipinski definition) is 3. The van der Waals surface area contributed by atoms with Gasteiger partial charge in [0.15, 0.2) is 12.1 Å². The fraction of sp³-hybridized carbons (Fsp3) is 0.200. The fourth-order valence-electron chi connectivity index (χ4n) is 1.06. The Hall–Kier alpha value is -1.16. The molecule has 1 aromatic rings. The maximum atomic E-state index is 11.1. The molecule has 0 radical (unpaired) electrons. The quantitative estimate of drug-likeness (QED) is 0.617. The molecular weight excluding hydrogens is 248 g/mol. The molecule has 0 aliphatic carbocycles. The SMILES string of the molecule is COc1cc(C(C)=O)cc(C=O)c1Br. The molecular formula is C10H9BrO3. The summed E-state index contributed by atoms with van der Waals surface area (Å²) in [5.74, 6) is 0.388. The van der Waals surface area contributed by atoms with E-state index in [0.29, 0.717) is 27.6 Å². The summed E-state index contributed by atoms with van der Waals surface area (Å²) in [5.41, 5.74) is 0.877. The van der Waals surface area contributed by atoms with Crippen LogP contribution in [0.1, 0.15) is 27.6 Å². The van der Waals surface area contributed by atoms with Gasteiger partial charge in [-0.2, -0.15) is 0 Å². The van der Waals surface area contributed by atoms with Gasteiger partial charge < -0.3 is 4.74 Å². The smallest absolute Gasteiger partial charge is 0.159 e. The van der Waals surface area contributed by atoms with Crippen molar-refractivity contribution in [1.29, 1.82) is 0 Å². The summed E-state index contributed by atoms with van der Waals surface area (Å²) < 4.78 is 5.59. The first-order chi connectivity index (χ1) is 6.60. The topological polar surface area (TPSA) is 43.4 Å². The first-order valence-electron chi connectivity index (χ1n) is 3.93. The Labute approximate surface area is 90.2 Å². The van der Waals surface area contributed by atoms with Gasteiger partial charge in [-0.1, -0.05) is 0 Å². The third-order valence-corrected chi connectivity index (χ3v) is 2.67. The van der Waals surface area contributed by atoms with Crippen LogP contribution in [-0.4, -0.2) is 19.2 Å². The van der Waals surface area contributed by atoms with Crippen molar-refractivity contribution >= 4 is 28.0 Å². The first kappa shape index (κ1) is 10.9. The Kier molecular flexibility index (Phi) is 3.41.